The average molecular weight is 506 g/mol. The lowest BCUT2D eigenvalue weighted by molar-refractivity contribution is -0.117. The number of nitrogens with zero attached hydrogens (tertiary/aromatic N) is 5. The highest BCUT2D eigenvalue weighted by molar-refractivity contribution is 6.24. The smallest absolute Gasteiger partial charge is 0.259 e. The van der Waals surface area contributed by atoms with Crippen LogP contribution < -0.4 is 22.1 Å². The van der Waals surface area contributed by atoms with Gasteiger partial charge >= 0.3 is 0 Å². The molecule has 6 N–H and O–H groups in total. The second kappa shape index (κ2) is 13.3. The molecule has 0 radical (unpaired) electrons. The number of nitrogens with two attached hydrogens (primary N) is 2. The average Bonchev–Trinajstić information content (AvgIpc) is 2.90. The van der Waals surface area contributed by atoms with Crippen molar-refractivity contribution < 1.29 is 9.59 Å². The fourth-order valence-corrected chi connectivity index (χ4v) is 4.28. The first-order valence-corrected chi connectivity index (χ1v) is 12.3. The first-order chi connectivity index (χ1) is 17.9. The largest absolute Gasteiger partial charge is 0.404 e. The molecule has 196 valence electrons. The number of rotatable bonds is 9. The standard InChI is InChI=1S/C26H35N9O2/c1-4-35-8-6-5-7-20(35)10-25(36)33-19-9-22(17(2)30-14-19)34-26(37)21(12-28)24-16-31-23(15-32-24)18(11-27)13-29-3/h9,11-16,20H,4-8,10,27-28H2,1-3H3,(H,33,36)(H,34,37)/b18-11+,21-12+,29-13?. The van der Waals surface area contributed by atoms with Gasteiger partial charge in [-0.3, -0.25) is 29.5 Å². The van der Waals surface area contributed by atoms with E-state index in [4.69, 9.17) is 11.5 Å². The second-order valence-corrected chi connectivity index (χ2v) is 8.72. The molecular formula is C26H35N9O2. The van der Waals surface area contributed by atoms with Crippen LogP contribution in [0.25, 0.3) is 11.1 Å². The van der Waals surface area contributed by atoms with Crippen molar-refractivity contribution >= 4 is 40.5 Å². The topological polar surface area (TPSA) is 165 Å². The highest BCUT2D eigenvalue weighted by atomic mass is 16.2. The zero-order chi connectivity index (χ0) is 26.8. The van der Waals surface area contributed by atoms with Crippen LogP contribution in [0, 0.1) is 6.92 Å². The molecule has 11 heteroatoms. The number of aryl methyl sites for hydroxylation is 1. The van der Waals surface area contributed by atoms with Crippen LogP contribution in [0.4, 0.5) is 11.4 Å². The normalized spacial score (nSPS) is 17.1. The van der Waals surface area contributed by atoms with Crippen LogP contribution in [0.3, 0.4) is 0 Å². The van der Waals surface area contributed by atoms with Crippen LogP contribution in [0.1, 0.15) is 49.7 Å². The van der Waals surface area contributed by atoms with Crippen molar-refractivity contribution in [3.8, 4) is 0 Å². The van der Waals surface area contributed by atoms with E-state index in [0.29, 0.717) is 34.8 Å². The summed E-state index contributed by atoms with van der Waals surface area (Å²) in [5, 5.41) is 5.73. The number of likely N-dealkylation sites (tertiary alicyclic amines) is 1. The molecule has 1 fully saturated rings. The van der Waals surface area contributed by atoms with Gasteiger partial charge in [0.25, 0.3) is 5.91 Å². The lowest BCUT2D eigenvalue weighted by Gasteiger charge is -2.34. The first kappa shape index (κ1) is 27.5. The number of allylic oxidation sites excluding steroid dienone is 1. The maximum Gasteiger partial charge on any atom is 0.259 e. The van der Waals surface area contributed by atoms with E-state index in [-0.39, 0.29) is 23.2 Å². The van der Waals surface area contributed by atoms with Gasteiger partial charge < -0.3 is 27.0 Å². The summed E-state index contributed by atoms with van der Waals surface area (Å²) < 4.78 is 0. The van der Waals surface area contributed by atoms with Gasteiger partial charge in [-0.2, -0.15) is 0 Å². The second-order valence-electron chi connectivity index (χ2n) is 8.72. The molecule has 1 unspecified atom stereocenters. The van der Waals surface area contributed by atoms with Gasteiger partial charge in [0.05, 0.1) is 52.6 Å². The molecule has 3 rings (SSSR count). The molecule has 0 spiro atoms. The Morgan fingerprint density at radius 1 is 1.11 bits per heavy atom. The van der Waals surface area contributed by atoms with Crippen LogP contribution in [0.15, 0.2) is 42.0 Å². The molecule has 2 aromatic rings. The van der Waals surface area contributed by atoms with Gasteiger partial charge in [-0.15, -0.1) is 0 Å². The predicted molar refractivity (Wildman–Crippen MR) is 147 cm³/mol. The third-order valence-corrected chi connectivity index (χ3v) is 6.28. The molecule has 3 heterocycles. The van der Waals surface area contributed by atoms with Gasteiger partial charge in [-0.1, -0.05) is 13.3 Å². The Kier molecular flexibility index (Phi) is 9.84. The molecule has 2 aromatic heterocycles. The van der Waals surface area contributed by atoms with E-state index in [9.17, 15) is 9.59 Å². The van der Waals surface area contributed by atoms with Crippen molar-refractivity contribution in [1.82, 2.24) is 19.9 Å². The van der Waals surface area contributed by atoms with E-state index in [2.05, 4.69) is 42.4 Å². The minimum Gasteiger partial charge on any atom is -0.404 e. The van der Waals surface area contributed by atoms with Crippen LogP contribution in [-0.2, 0) is 9.59 Å². The van der Waals surface area contributed by atoms with Crippen LogP contribution in [0.5, 0.6) is 0 Å². The highest BCUT2D eigenvalue weighted by Gasteiger charge is 2.23. The molecule has 0 aliphatic carbocycles. The number of aliphatic imine (C=N–C) groups is 1. The van der Waals surface area contributed by atoms with Crippen molar-refractivity contribution in [2.75, 3.05) is 30.8 Å². The summed E-state index contributed by atoms with van der Waals surface area (Å²) in [6, 6.07) is 1.92. The van der Waals surface area contributed by atoms with Crippen molar-refractivity contribution in [2.24, 2.45) is 16.5 Å². The highest BCUT2D eigenvalue weighted by Crippen LogP contribution is 2.23. The van der Waals surface area contributed by atoms with Crippen molar-refractivity contribution in [1.29, 1.82) is 0 Å². The van der Waals surface area contributed by atoms with Gasteiger partial charge in [0.1, 0.15) is 0 Å². The summed E-state index contributed by atoms with van der Waals surface area (Å²) in [5.41, 5.74) is 14.4. The van der Waals surface area contributed by atoms with Gasteiger partial charge in [-0.05, 0) is 38.9 Å². The minimum absolute atomic E-state index is 0.0785. The Bertz CT molecular complexity index is 1190. The molecule has 1 atom stereocenters. The maximum absolute atomic E-state index is 13.0. The van der Waals surface area contributed by atoms with Gasteiger partial charge in [0, 0.05) is 43.7 Å². The van der Waals surface area contributed by atoms with Crippen LogP contribution in [-0.4, -0.2) is 64.1 Å². The Morgan fingerprint density at radius 2 is 1.86 bits per heavy atom. The fourth-order valence-electron chi connectivity index (χ4n) is 4.28. The number of carbonyl (C=O) groups excluding carboxylic acids is 2. The number of carbonyl (C=O) groups is 2. The summed E-state index contributed by atoms with van der Waals surface area (Å²) in [6.45, 7) is 5.84. The molecule has 1 saturated heterocycles. The van der Waals surface area contributed by atoms with Crippen molar-refractivity contribution in [3.63, 3.8) is 0 Å². The quantitative estimate of drug-likeness (QED) is 0.298. The Hall–Kier alpha value is -4.12. The third-order valence-electron chi connectivity index (χ3n) is 6.28. The number of hydrogen-bond donors (Lipinski definition) is 4. The molecule has 0 saturated carbocycles. The molecule has 37 heavy (non-hydrogen) atoms. The molecule has 1 aliphatic heterocycles. The Labute approximate surface area is 217 Å². The summed E-state index contributed by atoms with van der Waals surface area (Å²) in [6.07, 6.45) is 12.4. The molecule has 0 aromatic carbocycles. The number of piperidine rings is 1. The summed E-state index contributed by atoms with van der Waals surface area (Å²) >= 11 is 0. The van der Waals surface area contributed by atoms with E-state index in [1.807, 2.05) is 0 Å². The zero-order valence-electron chi connectivity index (χ0n) is 21.6. The summed E-state index contributed by atoms with van der Waals surface area (Å²) in [5.74, 6) is -0.561. The van der Waals surface area contributed by atoms with Crippen LogP contribution >= 0.6 is 0 Å². The van der Waals surface area contributed by atoms with Gasteiger partial charge in [-0.25, -0.2) is 0 Å². The van der Waals surface area contributed by atoms with E-state index < -0.39 is 5.91 Å². The maximum atomic E-state index is 13.0. The fraction of sp³-hybridized carbons (Fsp3) is 0.385. The van der Waals surface area contributed by atoms with E-state index >= 15 is 0 Å². The minimum atomic E-state index is -0.483. The first-order valence-electron chi connectivity index (χ1n) is 12.3. The molecule has 11 nitrogen and oxygen atoms in total. The van der Waals surface area contributed by atoms with E-state index in [1.54, 1.807) is 32.4 Å². The SMILES string of the molecule is CCN1CCCCC1CC(=O)Nc1cnc(C)c(NC(=O)/C(=C/N)c2cnc(/C(C=NC)=C/N)cn2)c1. The number of anilines is 2. The molecule has 0 bridgehead atoms. The molecule has 2 amide bonds. The molecular weight excluding hydrogens is 470 g/mol. The number of amides is 2. The number of hydrogen-bond acceptors (Lipinski definition) is 9. The van der Waals surface area contributed by atoms with Gasteiger partial charge in [0.2, 0.25) is 5.91 Å². The predicted octanol–water partition coefficient (Wildman–Crippen LogP) is 2.32. The lowest BCUT2D eigenvalue weighted by Crippen LogP contribution is -2.41. The lowest BCUT2D eigenvalue weighted by atomic mass is 9.99. The third kappa shape index (κ3) is 7.20. The Morgan fingerprint density at radius 3 is 2.51 bits per heavy atom. The monoisotopic (exact) mass is 505 g/mol. The number of nitrogens with one attached hydrogen (secondary N) is 2. The van der Waals surface area contributed by atoms with E-state index in [1.165, 1.54) is 31.2 Å². The van der Waals surface area contributed by atoms with E-state index in [0.717, 1.165) is 25.9 Å². The van der Waals surface area contributed by atoms with Crippen molar-refractivity contribution in [2.45, 2.75) is 45.6 Å². The summed E-state index contributed by atoms with van der Waals surface area (Å²) in [4.78, 5) is 45.0. The van der Waals surface area contributed by atoms with Gasteiger partial charge in [0.15, 0.2) is 0 Å². The zero-order valence-corrected chi connectivity index (χ0v) is 21.6. The number of aromatic nitrogens is 3. The Balaban J connectivity index is 1.69. The number of pyridine rings is 1. The van der Waals surface area contributed by atoms with Crippen molar-refractivity contribution in [3.05, 3.63) is 54.1 Å². The molecule has 1 aliphatic rings. The summed E-state index contributed by atoms with van der Waals surface area (Å²) in [7, 11) is 1.62. The van der Waals surface area contributed by atoms with Crippen LogP contribution in [0.2, 0.25) is 0 Å².